The van der Waals surface area contributed by atoms with Crippen molar-refractivity contribution in [2.45, 2.75) is 58.4 Å². The number of nitrogens with one attached hydrogen (secondary N) is 1. The van der Waals surface area contributed by atoms with Gasteiger partial charge in [-0.2, -0.15) is 0 Å². The second-order valence-electron chi connectivity index (χ2n) is 3.99. The van der Waals surface area contributed by atoms with Crippen molar-refractivity contribution in [3.63, 3.8) is 0 Å². The minimum Gasteiger partial charge on any atom is -0.311 e. The van der Waals surface area contributed by atoms with E-state index in [9.17, 15) is 0 Å². The van der Waals surface area contributed by atoms with Crippen LogP contribution in [0.15, 0.2) is 0 Å². The summed E-state index contributed by atoms with van der Waals surface area (Å²) >= 11 is 0. The highest BCUT2D eigenvalue weighted by molar-refractivity contribution is 5.03. The van der Waals surface area contributed by atoms with E-state index in [0.29, 0.717) is 5.54 Å². The predicted molar refractivity (Wildman–Crippen MR) is 54.3 cm³/mol. The molecule has 2 fully saturated rings. The van der Waals surface area contributed by atoms with Crippen LogP contribution in [0.5, 0.6) is 0 Å². The Labute approximate surface area is 76.9 Å². The van der Waals surface area contributed by atoms with Crippen LogP contribution >= 0.6 is 0 Å². The van der Waals surface area contributed by atoms with Crippen LogP contribution in [0.1, 0.15) is 52.9 Å². The van der Waals surface area contributed by atoms with E-state index in [1.165, 1.54) is 38.6 Å². The van der Waals surface area contributed by atoms with Crippen molar-refractivity contribution in [1.29, 1.82) is 0 Å². The summed E-state index contributed by atoms with van der Waals surface area (Å²) in [5.41, 5.74) is 0.640. The Morgan fingerprint density at radius 3 is 2.42 bits per heavy atom. The zero-order chi connectivity index (χ0) is 9.03. The van der Waals surface area contributed by atoms with Gasteiger partial charge in [-0.3, -0.25) is 0 Å². The van der Waals surface area contributed by atoms with Crippen LogP contribution in [0.3, 0.4) is 0 Å². The molecule has 0 aromatic carbocycles. The molecular formula is C11H23N. The van der Waals surface area contributed by atoms with E-state index in [1.807, 2.05) is 13.8 Å². The molecule has 2 rings (SSSR count). The fourth-order valence-electron chi connectivity index (χ4n) is 2.55. The summed E-state index contributed by atoms with van der Waals surface area (Å²) in [5.74, 6) is 1.05. The van der Waals surface area contributed by atoms with Gasteiger partial charge in [-0.1, -0.05) is 27.2 Å². The largest absolute Gasteiger partial charge is 0.311 e. The van der Waals surface area contributed by atoms with Gasteiger partial charge in [0.15, 0.2) is 0 Å². The van der Waals surface area contributed by atoms with Gasteiger partial charge in [-0.25, -0.2) is 0 Å². The molecule has 0 aromatic rings. The van der Waals surface area contributed by atoms with Gasteiger partial charge in [0.1, 0.15) is 0 Å². The first-order valence-electron chi connectivity index (χ1n) is 5.60. The summed E-state index contributed by atoms with van der Waals surface area (Å²) in [6.45, 7) is 7.59. The van der Waals surface area contributed by atoms with Crippen molar-refractivity contribution >= 4 is 0 Å². The smallest absolute Gasteiger partial charge is 0.0187 e. The second-order valence-corrected chi connectivity index (χ2v) is 3.99. The molecule has 0 aromatic heterocycles. The monoisotopic (exact) mass is 169 g/mol. The van der Waals surface area contributed by atoms with Crippen LogP contribution in [0, 0.1) is 5.92 Å². The maximum absolute atomic E-state index is 3.63. The van der Waals surface area contributed by atoms with E-state index in [2.05, 4.69) is 12.2 Å². The van der Waals surface area contributed by atoms with Crippen molar-refractivity contribution in [1.82, 2.24) is 5.32 Å². The first-order valence-corrected chi connectivity index (χ1v) is 5.60. The molecular weight excluding hydrogens is 146 g/mol. The van der Waals surface area contributed by atoms with E-state index in [4.69, 9.17) is 0 Å². The van der Waals surface area contributed by atoms with Crippen molar-refractivity contribution in [3.8, 4) is 0 Å². The van der Waals surface area contributed by atoms with Gasteiger partial charge in [-0.05, 0) is 38.1 Å². The molecule has 2 aliphatic rings. The van der Waals surface area contributed by atoms with Crippen molar-refractivity contribution in [2.75, 3.05) is 6.54 Å². The molecule has 1 nitrogen and oxygen atoms in total. The number of hydrogen-bond acceptors (Lipinski definition) is 1. The van der Waals surface area contributed by atoms with Crippen LogP contribution in [0.25, 0.3) is 0 Å². The standard InChI is InChI=1S/C9H17N.C2H6/c1-2-8-6-9(7-8)4-3-5-10-9;1-2/h8,10H,2-7H2,1H3;1-2H3. The van der Waals surface area contributed by atoms with Gasteiger partial charge in [-0.15, -0.1) is 0 Å². The Hall–Kier alpha value is -0.0400. The van der Waals surface area contributed by atoms with Crippen LogP contribution in [0.4, 0.5) is 0 Å². The molecule has 1 saturated carbocycles. The lowest BCUT2D eigenvalue weighted by molar-refractivity contribution is 0.121. The summed E-state index contributed by atoms with van der Waals surface area (Å²) in [6, 6.07) is 0. The molecule has 1 spiro atoms. The van der Waals surface area contributed by atoms with E-state index in [-0.39, 0.29) is 0 Å². The highest BCUT2D eigenvalue weighted by Crippen LogP contribution is 2.44. The maximum Gasteiger partial charge on any atom is 0.0187 e. The number of rotatable bonds is 1. The third-order valence-corrected chi connectivity index (χ3v) is 3.27. The van der Waals surface area contributed by atoms with E-state index >= 15 is 0 Å². The van der Waals surface area contributed by atoms with Crippen LogP contribution in [-0.4, -0.2) is 12.1 Å². The molecule has 12 heavy (non-hydrogen) atoms. The third kappa shape index (κ3) is 1.82. The minimum absolute atomic E-state index is 0.640. The van der Waals surface area contributed by atoms with E-state index in [1.54, 1.807) is 0 Å². The van der Waals surface area contributed by atoms with E-state index < -0.39 is 0 Å². The summed E-state index contributed by atoms with van der Waals surface area (Å²) < 4.78 is 0. The predicted octanol–water partition coefficient (Wildman–Crippen LogP) is 2.95. The molecule has 0 amide bonds. The third-order valence-electron chi connectivity index (χ3n) is 3.27. The van der Waals surface area contributed by atoms with Crippen LogP contribution in [0.2, 0.25) is 0 Å². The Morgan fingerprint density at radius 1 is 1.33 bits per heavy atom. The lowest BCUT2D eigenvalue weighted by Crippen LogP contribution is -2.51. The zero-order valence-electron chi connectivity index (χ0n) is 8.82. The molecule has 1 saturated heterocycles. The van der Waals surface area contributed by atoms with Gasteiger partial charge in [0.25, 0.3) is 0 Å². The first-order chi connectivity index (χ1) is 5.85. The molecule has 0 bridgehead atoms. The lowest BCUT2D eigenvalue weighted by Gasteiger charge is -2.45. The lowest BCUT2D eigenvalue weighted by atomic mass is 9.67. The fraction of sp³-hybridized carbons (Fsp3) is 1.00. The van der Waals surface area contributed by atoms with Gasteiger partial charge >= 0.3 is 0 Å². The van der Waals surface area contributed by atoms with Crippen LogP contribution in [-0.2, 0) is 0 Å². The Bertz CT molecular complexity index is 117. The van der Waals surface area contributed by atoms with E-state index in [0.717, 1.165) is 5.92 Å². The van der Waals surface area contributed by atoms with Gasteiger partial charge in [0, 0.05) is 5.54 Å². The molecule has 1 aliphatic carbocycles. The van der Waals surface area contributed by atoms with Crippen molar-refractivity contribution in [2.24, 2.45) is 5.92 Å². The molecule has 1 heteroatoms. The molecule has 0 unspecified atom stereocenters. The molecule has 1 N–H and O–H groups in total. The normalized spacial score (nSPS) is 38.8. The maximum atomic E-state index is 3.63. The molecule has 72 valence electrons. The second kappa shape index (κ2) is 4.27. The zero-order valence-corrected chi connectivity index (χ0v) is 8.82. The summed E-state index contributed by atoms with van der Waals surface area (Å²) in [6.07, 6.45) is 7.18. The van der Waals surface area contributed by atoms with Crippen molar-refractivity contribution < 1.29 is 0 Å². The quantitative estimate of drug-likeness (QED) is 0.636. The topological polar surface area (TPSA) is 12.0 Å². The van der Waals surface area contributed by atoms with Crippen molar-refractivity contribution in [3.05, 3.63) is 0 Å². The van der Waals surface area contributed by atoms with Gasteiger partial charge in [0.2, 0.25) is 0 Å². The molecule has 1 aliphatic heterocycles. The van der Waals surface area contributed by atoms with Gasteiger partial charge < -0.3 is 5.32 Å². The Kier molecular flexibility index (Phi) is 3.57. The number of hydrogen-bond donors (Lipinski definition) is 1. The fourth-order valence-corrected chi connectivity index (χ4v) is 2.55. The average Bonchev–Trinajstić information content (AvgIpc) is 2.53. The summed E-state index contributed by atoms with van der Waals surface area (Å²) in [5, 5.41) is 3.63. The molecule has 0 atom stereocenters. The summed E-state index contributed by atoms with van der Waals surface area (Å²) in [4.78, 5) is 0. The highest BCUT2D eigenvalue weighted by Gasteiger charge is 2.44. The SMILES string of the molecule is CC.CCC1CC2(CCCN2)C1. The Balaban J connectivity index is 0.000000336. The first kappa shape index (κ1) is 10.0. The van der Waals surface area contributed by atoms with Gasteiger partial charge in [0.05, 0.1) is 0 Å². The summed E-state index contributed by atoms with van der Waals surface area (Å²) in [7, 11) is 0. The average molecular weight is 169 g/mol. The highest BCUT2D eigenvalue weighted by atomic mass is 15.0. The minimum atomic E-state index is 0.640. The molecule has 0 radical (unpaired) electrons. The van der Waals surface area contributed by atoms with Crippen LogP contribution < -0.4 is 5.32 Å². The molecule has 1 heterocycles. The Morgan fingerprint density at radius 2 is 2.00 bits per heavy atom.